The number of carbonyl (C=O) groups excluding carboxylic acids is 3. The summed E-state index contributed by atoms with van der Waals surface area (Å²) in [5.74, 6) is -1.13. The van der Waals surface area contributed by atoms with E-state index in [1.54, 1.807) is 23.1 Å². The van der Waals surface area contributed by atoms with Gasteiger partial charge in [-0.25, -0.2) is 0 Å². The molecule has 138 valence electrons. The molecule has 0 radical (unpaired) electrons. The van der Waals surface area contributed by atoms with Crippen molar-refractivity contribution in [3.8, 4) is 0 Å². The molecule has 2 aromatic rings. The maximum Gasteiger partial charge on any atom is 0.287 e. The number of furan rings is 1. The van der Waals surface area contributed by atoms with Crippen molar-refractivity contribution in [2.45, 2.75) is 6.54 Å². The lowest BCUT2D eigenvalue weighted by atomic mass is 10.3. The van der Waals surface area contributed by atoms with Gasteiger partial charge in [-0.1, -0.05) is 17.7 Å². The van der Waals surface area contributed by atoms with E-state index in [-0.39, 0.29) is 24.8 Å². The van der Waals surface area contributed by atoms with Crippen molar-refractivity contribution in [2.75, 3.05) is 19.6 Å². The summed E-state index contributed by atoms with van der Waals surface area (Å²) in [5.41, 5.74) is 0. The van der Waals surface area contributed by atoms with Crippen LogP contribution in [0.2, 0.25) is 4.34 Å². The summed E-state index contributed by atoms with van der Waals surface area (Å²) in [6.07, 6.45) is 2.97. The molecule has 2 N–H and O–H groups in total. The second-order valence-electron chi connectivity index (χ2n) is 5.21. The fourth-order valence-electron chi connectivity index (χ4n) is 2.04. The largest absolute Gasteiger partial charge is 0.459 e. The standard InChI is InChI=1S/C17H18ClN3O4S/c1-2-7-21(11-12-5-6-14(18)26-12)16(23)10-19-15(22)9-20-17(24)13-4-3-8-25-13/h2-6,8H,1,7,9-11H2,(H,19,22)(H,20,24). The lowest BCUT2D eigenvalue weighted by Gasteiger charge is -2.20. The van der Waals surface area contributed by atoms with Gasteiger partial charge in [0, 0.05) is 11.4 Å². The summed E-state index contributed by atoms with van der Waals surface area (Å²) in [7, 11) is 0. The zero-order valence-electron chi connectivity index (χ0n) is 13.9. The average molecular weight is 396 g/mol. The van der Waals surface area contributed by atoms with E-state index in [9.17, 15) is 14.4 Å². The Labute approximate surface area is 159 Å². The Morgan fingerprint density at radius 2 is 2.04 bits per heavy atom. The summed E-state index contributed by atoms with van der Waals surface area (Å²) >= 11 is 7.28. The predicted molar refractivity (Wildman–Crippen MR) is 99.0 cm³/mol. The van der Waals surface area contributed by atoms with Crippen LogP contribution in [-0.2, 0) is 16.1 Å². The quantitative estimate of drug-likeness (QED) is 0.636. The topological polar surface area (TPSA) is 91.7 Å². The molecular weight excluding hydrogens is 378 g/mol. The van der Waals surface area contributed by atoms with Gasteiger partial charge in [-0.15, -0.1) is 17.9 Å². The van der Waals surface area contributed by atoms with Gasteiger partial charge in [-0.05, 0) is 24.3 Å². The third kappa shape index (κ3) is 6.05. The van der Waals surface area contributed by atoms with Crippen molar-refractivity contribution in [3.05, 3.63) is 58.2 Å². The van der Waals surface area contributed by atoms with Crippen molar-refractivity contribution in [3.63, 3.8) is 0 Å². The van der Waals surface area contributed by atoms with Crippen molar-refractivity contribution >= 4 is 40.7 Å². The second-order valence-corrected chi connectivity index (χ2v) is 7.01. The molecule has 2 rings (SSSR count). The van der Waals surface area contributed by atoms with Crippen LogP contribution in [-0.4, -0.2) is 42.3 Å². The van der Waals surface area contributed by atoms with Crippen LogP contribution in [0.3, 0.4) is 0 Å². The zero-order valence-corrected chi connectivity index (χ0v) is 15.4. The molecule has 0 bridgehead atoms. The normalized spacial score (nSPS) is 10.2. The van der Waals surface area contributed by atoms with E-state index in [1.165, 1.54) is 23.7 Å². The van der Waals surface area contributed by atoms with Crippen LogP contribution < -0.4 is 10.6 Å². The summed E-state index contributed by atoms with van der Waals surface area (Å²) in [6.45, 7) is 3.93. The van der Waals surface area contributed by atoms with Gasteiger partial charge in [0.05, 0.1) is 30.2 Å². The fourth-order valence-corrected chi connectivity index (χ4v) is 3.14. The highest BCUT2D eigenvalue weighted by Gasteiger charge is 2.16. The van der Waals surface area contributed by atoms with Gasteiger partial charge in [0.15, 0.2) is 5.76 Å². The molecule has 7 nitrogen and oxygen atoms in total. The minimum atomic E-state index is -0.501. The van der Waals surface area contributed by atoms with Gasteiger partial charge in [-0.2, -0.15) is 0 Å². The molecule has 0 aliphatic carbocycles. The van der Waals surface area contributed by atoms with E-state index in [0.717, 1.165) is 4.88 Å². The third-order valence-electron chi connectivity index (χ3n) is 3.27. The lowest BCUT2D eigenvalue weighted by Crippen LogP contribution is -2.43. The predicted octanol–water partition coefficient (Wildman–Crippen LogP) is 2.06. The fraction of sp³-hybridized carbons (Fsp3) is 0.235. The minimum Gasteiger partial charge on any atom is -0.459 e. The first-order valence-electron chi connectivity index (χ1n) is 7.71. The number of rotatable bonds is 9. The number of nitrogens with one attached hydrogen (secondary N) is 2. The Morgan fingerprint density at radius 3 is 2.65 bits per heavy atom. The first-order valence-corrected chi connectivity index (χ1v) is 8.90. The van der Waals surface area contributed by atoms with Gasteiger partial charge in [-0.3, -0.25) is 14.4 Å². The molecule has 0 saturated carbocycles. The van der Waals surface area contributed by atoms with Crippen LogP contribution in [0.25, 0.3) is 0 Å². The monoisotopic (exact) mass is 395 g/mol. The van der Waals surface area contributed by atoms with E-state index < -0.39 is 11.8 Å². The van der Waals surface area contributed by atoms with E-state index >= 15 is 0 Å². The van der Waals surface area contributed by atoms with E-state index in [4.69, 9.17) is 16.0 Å². The molecule has 2 aromatic heterocycles. The van der Waals surface area contributed by atoms with Gasteiger partial charge >= 0.3 is 0 Å². The van der Waals surface area contributed by atoms with Gasteiger partial charge in [0.1, 0.15) is 0 Å². The lowest BCUT2D eigenvalue weighted by molar-refractivity contribution is -0.132. The van der Waals surface area contributed by atoms with Crippen LogP contribution in [0.1, 0.15) is 15.4 Å². The summed E-state index contributed by atoms with van der Waals surface area (Å²) < 4.78 is 5.57. The highest BCUT2D eigenvalue weighted by atomic mass is 35.5. The average Bonchev–Trinajstić information content (AvgIpc) is 3.29. The molecule has 0 spiro atoms. The Balaban J connectivity index is 1.78. The molecule has 26 heavy (non-hydrogen) atoms. The SMILES string of the molecule is C=CCN(Cc1ccc(Cl)s1)C(=O)CNC(=O)CNC(=O)c1ccco1. The van der Waals surface area contributed by atoms with Crippen LogP contribution in [0, 0.1) is 0 Å². The molecule has 0 fully saturated rings. The van der Waals surface area contributed by atoms with Gasteiger partial charge in [0.25, 0.3) is 5.91 Å². The van der Waals surface area contributed by atoms with Crippen LogP contribution in [0.4, 0.5) is 0 Å². The molecule has 0 aromatic carbocycles. The van der Waals surface area contributed by atoms with Gasteiger partial charge in [0.2, 0.25) is 11.8 Å². The molecule has 2 heterocycles. The molecule has 3 amide bonds. The van der Waals surface area contributed by atoms with Gasteiger partial charge < -0.3 is 20.0 Å². The Morgan fingerprint density at radius 1 is 1.23 bits per heavy atom. The van der Waals surface area contributed by atoms with Crippen molar-refractivity contribution in [1.82, 2.24) is 15.5 Å². The molecule has 0 atom stereocenters. The number of nitrogens with zero attached hydrogens (tertiary/aromatic N) is 1. The number of carbonyl (C=O) groups is 3. The molecule has 0 unspecified atom stereocenters. The number of hydrogen-bond acceptors (Lipinski definition) is 5. The minimum absolute atomic E-state index is 0.112. The number of halogens is 1. The highest BCUT2D eigenvalue weighted by molar-refractivity contribution is 7.16. The maximum atomic E-state index is 12.3. The summed E-state index contributed by atoms with van der Waals surface area (Å²) in [6, 6.07) is 6.67. The first kappa shape index (κ1) is 19.7. The van der Waals surface area contributed by atoms with Crippen molar-refractivity contribution in [2.24, 2.45) is 0 Å². The van der Waals surface area contributed by atoms with E-state index in [1.807, 2.05) is 6.07 Å². The van der Waals surface area contributed by atoms with Crippen LogP contribution >= 0.6 is 22.9 Å². The second kappa shape index (κ2) is 9.79. The molecule has 0 saturated heterocycles. The molecule has 9 heteroatoms. The van der Waals surface area contributed by atoms with Crippen molar-refractivity contribution < 1.29 is 18.8 Å². The van der Waals surface area contributed by atoms with E-state index in [0.29, 0.717) is 17.4 Å². The summed E-state index contributed by atoms with van der Waals surface area (Å²) in [4.78, 5) is 38.3. The molecular formula is C17H18ClN3O4S. The Kier molecular flexibility index (Phi) is 7.43. The summed E-state index contributed by atoms with van der Waals surface area (Å²) in [5, 5.41) is 4.89. The highest BCUT2D eigenvalue weighted by Crippen LogP contribution is 2.22. The van der Waals surface area contributed by atoms with Crippen LogP contribution in [0.5, 0.6) is 0 Å². The Hall–Kier alpha value is -2.58. The number of thiophene rings is 1. The van der Waals surface area contributed by atoms with Crippen LogP contribution in [0.15, 0.2) is 47.6 Å². The Bertz CT molecular complexity index is 773. The van der Waals surface area contributed by atoms with E-state index in [2.05, 4.69) is 17.2 Å². The third-order valence-corrected chi connectivity index (χ3v) is 4.48. The number of amides is 3. The maximum absolute atomic E-state index is 12.3. The smallest absolute Gasteiger partial charge is 0.287 e. The first-order chi connectivity index (χ1) is 12.5. The van der Waals surface area contributed by atoms with Crippen molar-refractivity contribution in [1.29, 1.82) is 0 Å². The molecule has 0 aliphatic heterocycles. The molecule has 0 aliphatic rings. The zero-order chi connectivity index (χ0) is 18.9. The number of hydrogen-bond donors (Lipinski definition) is 2.